The second-order valence-electron chi connectivity index (χ2n) is 3.16. The van der Waals surface area contributed by atoms with Crippen LogP contribution in [0.2, 0.25) is 0 Å². The third kappa shape index (κ3) is 3.92. The normalized spacial score (nSPS) is 10.2. The third-order valence-corrected chi connectivity index (χ3v) is 2.75. The van der Waals surface area contributed by atoms with E-state index in [9.17, 15) is 0 Å². The molecule has 0 aliphatic heterocycles. The summed E-state index contributed by atoms with van der Waals surface area (Å²) in [6.45, 7) is 1.62. The molecule has 16 heavy (non-hydrogen) atoms. The van der Waals surface area contributed by atoms with Gasteiger partial charge in [-0.2, -0.15) is 0 Å². The summed E-state index contributed by atoms with van der Waals surface area (Å²) < 4.78 is 5.71. The Kier molecular flexibility index (Phi) is 6.05. The monoisotopic (exact) mass is 289 g/mol. The van der Waals surface area contributed by atoms with Gasteiger partial charge in [-0.05, 0) is 28.8 Å². The number of nitrogens with zero attached hydrogens (tertiary/aromatic N) is 2. The Morgan fingerprint density at radius 1 is 1.38 bits per heavy atom. The van der Waals surface area contributed by atoms with E-state index in [0.29, 0.717) is 5.82 Å². The van der Waals surface area contributed by atoms with Gasteiger partial charge in [0.1, 0.15) is 16.6 Å². The zero-order valence-electron chi connectivity index (χ0n) is 9.16. The Balaban J connectivity index is 2.41. The predicted molar refractivity (Wildman–Crippen MR) is 67.1 cm³/mol. The van der Waals surface area contributed by atoms with Gasteiger partial charge in [0.2, 0.25) is 0 Å². The molecule has 0 saturated carbocycles. The van der Waals surface area contributed by atoms with Crippen LogP contribution in [-0.2, 0) is 4.74 Å². The summed E-state index contributed by atoms with van der Waals surface area (Å²) in [5, 5.41) is 3.20. The highest BCUT2D eigenvalue weighted by Gasteiger charge is 2.06. The highest BCUT2D eigenvalue weighted by molar-refractivity contribution is 9.10. The largest absolute Gasteiger partial charge is 0.385 e. The smallest absolute Gasteiger partial charge is 0.159 e. The first-order valence-corrected chi connectivity index (χ1v) is 5.78. The van der Waals surface area contributed by atoms with Crippen molar-refractivity contribution >= 4 is 27.6 Å². The Hall–Kier alpha value is -0.920. The highest BCUT2D eigenvalue weighted by atomic mass is 79.9. The molecule has 1 heterocycles. The number of anilines is 2. The van der Waals surface area contributed by atoms with Crippen LogP contribution in [0, 0.1) is 0 Å². The van der Waals surface area contributed by atoms with Crippen molar-refractivity contribution in [3.05, 3.63) is 10.8 Å². The summed E-state index contributed by atoms with van der Waals surface area (Å²) in [4.78, 5) is 8.07. The third-order valence-electron chi connectivity index (χ3n) is 1.99. The van der Waals surface area contributed by atoms with Crippen LogP contribution in [0.15, 0.2) is 10.8 Å². The Bertz CT molecular complexity index is 323. The molecule has 0 unspecified atom stereocenters. The fourth-order valence-corrected chi connectivity index (χ4v) is 1.63. The highest BCUT2D eigenvalue weighted by Crippen LogP contribution is 2.25. The van der Waals surface area contributed by atoms with Crippen molar-refractivity contribution in [3.63, 3.8) is 0 Å². The van der Waals surface area contributed by atoms with Gasteiger partial charge in [-0.15, -0.1) is 0 Å². The van der Waals surface area contributed by atoms with E-state index >= 15 is 0 Å². The molecule has 0 radical (unpaired) electrons. The van der Waals surface area contributed by atoms with Gasteiger partial charge in [0.15, 0.2) is 5.82 Å². The van der Waals surface area contributed by atoms with E-state index in [4.69, 9.17) is 10.6 Å². The number of ether oxygens (including phenoxy) is 1. The van der Waals surface area contributed by atoms with E-state index < -0.39 is 0 Å². The maximum Gasteiger partial charge on any atom is 0.159 e. The molecule has 0 fully saturated rings. The standard InChI is InChI=1S/C9H16BrN5O/c1-16-5-3-2-4-12-8-7(10)9(15-11)14-6-13-8/h6H,2-5,11H2,1H3,(H2,12,13,14,15). The summed E-state index contributed by atoms with van der Waals surface area (Å²) in [5.74, 6) is 6.60. The molecule has 0 aromatic carbocycles. The number of aromatic nitrogens is 2. The summed E-state index contributed by atoms with van der Waals surface area (Å²) in [6.07, 6.45) is 3.50. The van der Waals surface area contributed by atoms with E-state index in [2.05, 4.69) is 36.6 Å². The van der Waals surface area contributed by atoms with Crippen LogP contribution in [0.1, 0.15) is 12.8 Å². The number of unbranched alkanes of at least 4 members (excludes halogenated alkanes) is 1. The number of rotatable bonds is 7. The van der Waals surface area contributed by atoms with Gasteiger partial charge in [-0.25, -0.2) is 15.8 Å². The van der Waals surface area contributed by atoms with Gasteiger partial charge in [0.05, 0.1) is 0 Å². The molecule has 0 atom stereocenters. The number of halogens is 1. The molecule has 0 amide bonds. The summed E-state index contributed by atoms with van der Waals surface area (Å²) in [6, 6.07) is 0. The van der Waals surface area contributed by atoms with Crippen LogP contribution >= 0.6 is 15.9 Å². The Morgan fingerprint density at radius 2 is 2.12 bits per heavy atom. The van der Waals surface area contributed by atoms with E-state index in [1.54, 1.807) is 7.11 Å². The lowest BCUT2D eigenvalue weighted by Crippen LogP contribution is -2.12. The number of hydrogen-bond acceptors (Lipinski definition) is 6. The molecule has 0 aliphatic rings. The lowest BCUT2D eigenvalue weighted by Gasteiger charge is -2.09. The van der Waals surface area contributed by atoms with E-state index in [-0.39, 0.29) is 0 Å². The quantitative estimate of drug-likeness (QED) is 0.399. The van der Waals surface area contributed by atoms with Crippen LogP contribution < -0.4 is 16.6 Å². The molecule has 1 aromatic rings. The summed E-state index contributed by atoms with van der Waals surface area (Å²) >= 11 is 3.37. The first-order chi connectivity index (χ1) is 7.79. The van der Waals surface area contributed by atoms with Crippen molar-refractivity contribution in [2.24, 2.45) is 5.84 Å². The maximum absolute atomic E-state index is 5.30. The van der Waals surface area contributed by atoms with Crippen LogP contribution in [0.25, 0.3) is 0 Å². The van der Waals surface area contributed by atoms with Gasteiger partial charge in [-0.3, -0.25) is 0 Å². The number of nitrogen functional groups attached to an aromatic ring is 1. The molecule has 0 saturated heterocycles. The molecule has 7 heteroatoms. The van der Waals surface area contributed by atoms with Gasteiger partial charge in [0.25, 0.3) is 0 Å². The number of hydrogen-bond donors (Lipinski definition) is 3. The van der Waals surface area contributed by atoms with Crippen molar-refractivity contribution in [1.29, 1.82) is 0 Å². The minimum atomic E-state index is 0.564. The molecule has 1 aromatic heterocycles. The topological polar surface area (TPSA) is 85.1 Å². The molecule has 6 nitrogen and oxygen atoms in total. The zero-order valence-corrected chi connectivity index (χ0v) is 10.7. The fourth-order valence-electron chi connectivity index (χ4n) is 1.17. The number of hydrazine groups is 1. The molecule has 0 aliphatic carbocycles. The Labute approximate surface area is 103 Å². The van der Waals surface area contributed by atoms with Gasteiger partial charge >= 0.3 is 0 Å². The molecular formula is C9H16BrN5O. The van der Waals surface area contributed by atoms with E-state index in [1.165, 1.54) is 6.33 Å². The van der Waals surface area contributed by atoms with Crippen molar-refractivity contribution in [2.75, 3.05) is 31.0 Å². The number of methoxy groups -OCH3 is 1. The van der Waals surface area contributed by atoms with Crippen molar-refractivity contribution in [1.82, 2.24) is 9.97 Å². The van der Waals surface area contributed by atoms with Gasteiger partial charge in [-0.1, -0.05) is 0 Å². The van der Waals surface area contributed by atoms with Crippen LogP contribution in [-0.4, -0.2) is 30.2 Å². The molecule has 0 spiro atoms. The van der Waals surface area contributed by atoms with Gasteiger partial charge < -0.3 is 15.5 Å². The second-order valence-corrected chi connectivity index (χ2v) is 3.95. The van der Waals surface area contributed by atoms with Crippen molar-refractivity contribution in [2.45, 2.75) is 12.8 Å². The molecule has 1 rings (SSSR count). The average molecular weight is 290 g/mol. The van der Waals surface area contributed by atoms with Crippen LogP contribution in [0.5, 0.6) is 0 Å². The zero-order chi connectivity index (χ0) is 11.8. The average Bonchev–Trinajstić information content (AvgIpc) is 2.31. The minimum Gasteiger partial charge on any atom is -0.385 e. The second kappa shape index (κ2) is 7.37. The molecule has 0 bridgehead atoms. The van der Waals surface area contributed by atoms with Crippen LogP contribution in [0.3, 0.4) is 0 Å². The predicted octanol–water partition coefficient (Wildman–Crippen LogP) is 1.36. The summed E-state index contributed by atoms with van der Waals surface area (Å²) in [7, 11) is 1.70. The lowest BCUT2D eigenvalue weighted by atomic mass is 10.3. The number of nitrogens with two attached hydrogens (primary N) is 1. The van der Waals surface area contributed by atoms with Crippen LogP contribution in [0.4, 0.5) is 11.6 Å². The SMILES string of the molecule is COCCCCNc1ncnc(NN)c1Br. The fraction of sp³-hybridized carbons (Fsp3) is 0.556. The van der Waals surface area contributed by atoms with Crippen molar-refractivity contribution < 1.29 is 4.74 Å². The van der Waals surface area contributed by atoms with E-state index in [0.717, 1.165) is 36.3 Å². The number of nitrogens with one attached hydrogen (secondary N) is 2. The molecule has 4 N–H and O–H groups in total. The Morgan fingerprint density at radius 3 is 2.81 bits per heavy atom. The lowest BCUT2D eigenvalue weighted by molar-refractivity contribution is 0.194. The first-order valence-electron chi connectivity index (χ1n) is 4.99. The minimum absolute atomic E-state index is 0.564. The molecule has 90 valence electrons. The molecular weight excluding hydrogens is 274 g/mol. The van der Waals surface area contributed by atoms with E-state index in [1.807, 2.05) is 0 Å². The maximum atomic E-state index is 5.30. The van der Waals surface area contributed by atoms with Crippen molar-refractivity contribution in [3.8, 4) is 0 Å². The summed E-state index contributed by atoms with van der Waals surface area (Å²) in [5.41, 5.74) is 2.49. The van der Waals surface area contributed by atoms with Gasteiger partial charge in [0, 0.05) is 20.3 Å². The first kappa shape index (κ1) is 13.1.